The maximum absolute atomic E-state index is 13.1. The highest BCUT2D eigenvalue weighted by atomic mass is 32.2. The van der Waals surface area contributed by atoms with Gasteiger partial charge in [0, 0.05) is 38.9 Å². The summed E-state index contributed by atoms with van der Waals surface area (Å²) in [6.07, 6.45) is 1.55. The molecule has 0 aliphatic carbocycles. The van der Waals surface area contributed by atoms with Crippen molar-refractivity contribution in [3.05, 3.63) is 65.7 Å². The second-order valence-electron chi connectivity index (χ2n) is 8.24. The number of amides is 1. The minimum absolute atomic E-state index is 0.0792. The zero-order chi connectivity index (χ0) is 23.1. The highest BCUT2D eigenvalue weighted by molar-refractivity contribution is 7.88. The molecule has 1 aliphatic heterocycles. The van der Waals surface area contributed by atoms with Crippen molar-refractivity contribution in [1.82, 2.24) is 14.5 Å². The van der Waals surface area contributed by atoms with Gasteiger partial charge in [-0.15, -0.1) is 0 Å². The van der Waals surface area contributed by atoms with Crippen LogP contribution in [-0.2, 0) is 21.4 Å². The van der Waals surface area contributed by atoms with Crippen LogP contribution in [-0.4, -0.2) is 74.8 Å². The summed E-state index contributed by atoms with van der Waals surface area (Å²) in [7, 11) is -1.52. The first-order valence-electron chi connectivity index (χ1n) is 10.7. The van der Waals surface area contributed by atoms with Crippen molar-refractivity contribution < 1.29 is 18.3 Å². The molecule has 8 nitrogen and oxygen atoms in total. The number of likely N-dealkylation sites (tertiary alicyclic amines) is 1. The van der Waals surface area contributed by atoms with Crippen LogP contribution in [0.5, 0.6) is 0 Å². The molecule has 0 saturated carbocycles. The second kappa shape index (κ2) is 10.9. The lowest BCUT2D eigenvalue weighted by Crippen LogP contribution is -2.41. The number of benzene rings is 2. The average molecular weight is 461 g/mol. The molecule has 0 spiro atoms. The summed E-state index contributed by atoms with van der Waals surface area (Å²) in [4.78, 5) is 17.0. The maximum atomic E-state index is 13.1. The van der Waals surface area contributed by atoms with E-state index in [0.717, 1.165) is 30.3 Å². The van der Waals surface area contributed by atoms with Crippen LogP contribution in [0.1, 0.15) is 23.6 Å². The molecule has 0 aromatic heterocycles. The first-order chi connectivity index (χ1) is 15.2. The second-order valence-corrected chi connectivity index (χ2v) is 10.1. The van der Waals surface area contributed by atoms with Gasteiger partial charge < -0.3 is 15.3 Å². The van der Waals surface area contributed by atoms with Crippen LogP contribution >= 0.6 is 0 Å². The topological polar surface area (TPSA) is 102 Å². The number of rotatable bonds is 10. The van der Waals surface area contributed by atoms with Crippen molar-refractivity contribution in [2.75, 3.05) is 44.8 Å². The van der Waals surface area contributed by atoms with Crippen molar-refractivity contribution in [1.29, 1.82) is 0 Å². The molecule has 174 valence electrons. The Hall–Kier alpha value is -2.46. The Bertz CT molecular complexity index is 1000. The molecule has 32 heavy (non-hydrogen) atoms. The quantitative estimate of drug-likeness (QED) is 0.496. The Morgan fingerprint density at radius 3 is 2.53 bits per heavy atom. The number of aliphatic hydroxyl groups is 1. The minimum Gasteiger partial charge on any atom is -0.392 e. The van der Waals surface area contributed by atoms with Crippen LogP contribution in [0.3, 0.4) is 0 Å². The van der Waals surface area contributed by atoms with Crippen LogP contribution in [0, 0.1) is 0 Å². The molecule has 0 bridgehead atoms. The highest BCUT2D eigenvalue weighted by Crippen LogP contribution is 2.23. The Kier molecular flexibility index (Phi) is 8.25. The lowest BCUT2D eigenvalue weighted by Gasteiger charge is -2.32. The number of β-amino-alcohol motifs (C(OH)–C–C–N with tert-alkyl or cyclic N) is 1. The van der Waals surface area contributed by atoms with Crippen molar-refractivity contribution in [2.24, 2.45) is 0 Å². The van der Waals surface area contributed by atoms with Crippen molar-refractivity contribution in [3.8, 4) is 0 Å². The molecule has 2 aromatic rings. The van der Waals surface area contributed by atoms with Gasteiger partial charge in [-0.05, 0) is 23.6 Å². The fraction of sp³-hybridized carbons (Fsp3) is 0.435. The number of likely N-dealkylation sites (N-methyl/N-ethyl adjacent to an activating group) is 1. The van der Waals surface area contributed by atoms with E-state index in [1.807, 2.05) is 54.6 Å². The molecule has 3 rings (SSSR count). The first kappa shape index (κ1) is 24.2. The number of carbonyl (C=O) groups is 1. The van der Waals surface area contributed by atoms with Crippen molar-refractivity contribution in [3.63, 3.8) is 0 Å². The van der Waals surface area contributed by atoms with Crippen LogP contribution in [0.25, 0.3) is 0 Å². The van der Waals surface area contributed by atoms with E-state index < -0.39 is 10.0 Å². The Morgan fingerprint density at radius 2 is 1.88 bits per heavy atom. The van der Waals surface area contributed by atoms with E-state index in [0.29, 0.717) is 18.8 Å². The first-order valence-corrected chi connectivity index (χ1v) is 12.6. The van der Waals surface area contributed by atoms with E-state index in [9.17, 15) is 18.3 Å². The molecule has 2 atom stereocenters. The van der Waals surface area contributed by atoms with Gasteiger partial charge in [-0.2, -0.15) is 0 Å². The third kappa shape index (κ3) is 7.03. The lowest BCUT2D eigenvalue weighted by molar-refractivity contribution is -0.130. The number of hydrogen-bond donors (Lipinski definition) is 3. The fourth-order valence-electron chi connectivity index (χ4n) is 3.87. The Morgan fingerprint density at radius 1 is 1.19 bits per heavy atom. The zero-order valence-corrected chi connectivity index (χ0v) is 19.4. The smallest absolute Gasteiger partial charge is 0.242 e. The van der Waals surface area contributed by atoms with Crippen LogP contribution in [0.4, 0.5) is 5.69 Å². The molecular weight excluding hydrogens is 428 g/mol. The number of aliphatic hydroxyl groups excluding tert-OH is 1. The molecule has 3 N–H and O–H groups in total. The molecule has 1 aliphatic rings. The SMILES string of the molecule is CN(C(=O)CNc1ccccc1CNS(C)(=O)=O)[C@H](CN1CC[C@H](O)C1)c1ccccc1. The third-order valence-electron chi connectivity index (χ3n) is 5.70. The Balaban J connectivity index is 1.67. The van der Waals surface area contributed by atoms with Gasteiger partial charge in [0.2, 0.25) is 15.9 Å². The number of carbonyl (C=O) groups excluding carboxylic acids is 1. The van der Waals surface area contributed by atoms with E-state index in [4.69, 9.17) is 0 Å². The van der Waals surface area contributed by atoms with Gasteiger partial charge in [0.15, 0.2) is 0 Å². The number of nitrogens with zero attached hydrogens (tertiary/aromatic N) is 2. The van der Waals surface area contributed by atoms with E-state index in [2.05, 4.69) is 14.9 Å². The van der Waals surface area contributed by atoms with Crippen LogP contribution in [0.2, 0.25) is 0 Å². The highest BCUT2D eigenvalue weighted by Gasteiger charge is 2.28. The molecule has 1 amide bonds. The van der Waals surface area contributed by atoms with E-state index in [1.165, 1.54) is 0 Å². The largest absolute Gasteiger partial charge is 0.392 e. The Labute approximate surface area is 190 Å². The number of hydrogen-bond acceptors (Lipinski definition) is 6. The van der Waals surface area contributed by atoms with Gasteiger partial charge >= 0.3 is 0 Å². The third-order valence-corrected chi connectivity index (χ3v) is 6.36. The van der Waals surface area contributed by atoms with Gasteiger partial charge in [-0.1, -0.05) is 48.5 Å². The molecule has 0 unspecified atom stereocenters. The molecule has 9 heteroatoms. The molecule has 0 radical (unpaired) electrons. The van der Waals surface area contributed by atoms with Crippen molar-refractivity contribution in [2.45, 2.75) is 25.1 Å². The summed E-state index contributed by atoms with van der Waals surface area (Å²) in [6, 6.07) is 17.1. The van der Waals surface area contributed by atoms with Gasteiger partial charge in [0.25, 0.3) is 0 Å². The molecular formula is C23H32N4O4S. The summed E-state index contributed by atoms with van der Waals surface area (Å²) in [5, 5.41) is 13.0. The molecule has 1 heterocycles. The van der Waals surface area contributed by atoms with E-state index >= 15 is 0 Å². The number of anilines is 1. The maximum Gasteiger partial charge on any atom is 0.242 e. The molecule has 1 saturated heterocycles. The molecule has 2 aromatic carbocycles. The minimum atomic E-state index is -3.32. The fourth-order valence-corrected chi connectivity index (χ4v) is 4.29. The number of para-hydroxylation sites is 1. The standard InChI is InChI=1S/C23H32N4O4S/c1-26(22(18-8-4-3-5-9-18)17-27-13-12-20(28)16-27)23(29)15-24-21-11-7-6-10-19(21)14-25-32(2,30)31/h3-11,20,22,24-25,28H,12-17H2,1-2H3/t20-,22+/m0/s1. The number of nitrogens with one attached hydrogen (secondary N) is 2. The van der Waals surface area contributed by atoms with Gasteiger partial charge in [-0.25, -0.2) is 13.1 Å². The zero-order valence-electron chi connectivity index (χ0n) is 18.6. The van der Waals surface area contributed by atoms with Crippen LogP contribution < -0.4 is 10.0 Å². The summed E-state index contributed by atoms with van der Waals surface area (Å²) < 4.78 is 25.3. The van der Waals surface area contributed by atoms with Gasteiger partial charge in [0.05, 0.1) is 24.9 Å². The predicted octanol–water partition coefficient (Wildman–Crippen LogP) is 1.41. The number of sulfonamides is 1. The lowest BCUT2D eigenvalue weighted by atomic mass is 10.0. The monoisotopic (exact) mass is 460 g/mol. The summed E-state index contributed by atoms with van der Waals surface area (Å²) in [5.41, 5.74) is 2.52. The normalized spacial score (nSPS) is 17.8. The average Bonchev–Trinajstić information content (AvgIpc) is 3.19. The summed E-state index contributed by atoms with van der Waals surface area (Å²) >= 11 is 0. The predicted molar refractivity (Wildman–Crippen MR) is 126 cm³/mol. The van der Waals surface area contributed by atoms with Gasteiger partial charge in [-0.3, -0.25) is 9.69 Å². The van der Waals surface area contributed by atoms with E-state index in [1.54, 1.807) is 11.9 Å². The summed E-state index contributed by atoms with van der Waals surface area (Å²) in [6.45, 7) is 2.31. The molecule has 1 fully saturated rings. The van der Waals surface area contributed by atoms with Crippen LogP contribution in [0.15, 0.2) is 54.6 Å². The van der Waals surface area contributed by atoms with E-state index in [-0.39, 0.29) is 31.1 Å². The summed E-state index contributed by atoms with van der Waals surface area (Å²) in [5.74, 6) is -0.0792. The van der Waals surface area contributed by atoms with Gasteiger partial charge in [0.1, 0.15) is 0 Å². The van der Waals surface area contributed by atoms with Crippen molar-refractivity contribution >= 4 is 21.6 Å².